The lowest BCUT2D eigenvalue weighted by molar-refractivity contribution is 0.415. The number of aromatic nitrogens is 1. The van der Waals surface area contributed by atoms with Gasteiger partial charge in [0.05, 0.1) is 12.8 Å². The van der Waals surface area contributed by atoms with Gasteiger partial charge in [-0.2, -0.15) is 5.26 Å². The van der Waals surface area contributed by atoms with Crippen molar-refractivity contribution in [2.45, 2.75) is 4.90 Å². The Morgan fingerprint density at radius 1 is 1.29 bits per heavy atom. The molecule has 0 saturated heterocycles. The average molecular weight is 303 g/mol. The summed E-state index contributed by atoms with van der Waals surface area (Å²) in [7, 11) is -0.950. The molecule has 1 heterocycles. The molecule has 0 unspecified atom stereocenters. The first kappa shape index (κ1) is 14.8. The maximum Gasteiger partial charge on any atom is 0.266 e. The Kier molecular flexibility index (Phi) is 4.10. The van der Waals surface area contributed by atoms with E-state index in [-0.39, 0.29) is 10.6 Å². The van der Waals surface area contributed by atoms with Crippen LogP contribution in [-0.4, -0.2) is 27.6 Å². The normalized spacial score (nSPS) is 10.7. The summed E-state index contributed by atoms with van der Waals surface area (Å²) in [6.45, 7) is 0. The van der Waals surface area contributed by atoms with Gasteiger partial charge in [-0.25, -0.2) is 13.4 Å². The number of hydrogen-bond acceptors (Lipinski definition) is 5. The summed E-state index contributed by atoms with van der Waals surface area (Å²) in [6.07, 6.45) is 1.38. The summed E-state index contributed by atoms with van der Waals surface area (Å²) in [5.41, 5.74) is 0.300. The van der Waals surface area contributed by atoms with Crippen LogP contribution in [0, 0.1) is 11.3 Å². The van der Waals surface area contributed by atoms with E-state index in [1.807, 2.05) is 0 Å². The van der Waals surface area contributed by atoms with Gasteiger partial charge in [0.15, 0.2) is 5.69 Å². The molecule has 2 aromatic rings. The van der Waals surface area contributed by atoms with Crippen LogP contribution in [0.2, 0.25) is 0 Å². The largest absolute Gasteiger partial charge is 0.497 e. The minimum absolute atomic E-state index is 0.127. The zero-order valence-electron chi connectivity index (χ0n) is 11.5. The Bertz CT molecular complexity index is 797. The van der Waals surface area contributed by atoms with Crippen molar-refractivity contribution in [3.8, 4) is 11.8 Å². The number of sulfonamides is 1. The maximum absolute atomic E-state index is 12.6. The number of benzene rings is 1. The summed E-state index contributed by atoms with van der Waals surface area (Å²) in [4.78, 5) is 3.65. The molecule has 0 aliphatic rings. The lowest BCUT2D eigenvalue weighted by Gasteiger charge is -2.20. The van der Waals surface area contributed by atoms with E-state index in [1.165, 1.54) is 32.5 Å². The molecule has 0 bridgehead atoms. The maximum atomic E-state index is 12.6. The minimum Gasteiger partial charge on any atom is -0.497 e. The molecule has 1 aromatic carbocycles. The second-order valence-electron chi connectivity index (χ2n) is 4.14. The van der Waals surface area contributed by atoms with E-state index >= 15 is 0 Å². The Balaban J connectivity index is 2.50. The first-order valence-electron chi connectivity index (χ1n) is 5.99. The van der Waals surface area contributed by atoms with Crippen LogP contribution in [0.15, 0.2) is 47.5 Å². The third kappa shape index (κ3) is 2.80. The van der Waals surface area contributed by atoms with Crippen molar-refractivity contribution in [3.05, 3.63) is 48.3 Å². The predicted molar refractivity (Wildman–Crippen MR) is 77.5 cm³/mol. The van der Waals surface area contributed by atoms with E-state index in [0.717, 1.165) is 4.31 Å². The molecule has 0 spiro atoms. The van der Waals surface area contributed by atoms with Crippen molar-refractivity contribution >= 4 is 15.7 Å². The van der Waals surface area contributed by atoms with Gasteiger partial charge in [-0.15, -0.1) is 0 Å². The van der Waals surface area contributed by atoms with E-state index in [9.17, 15) is 8.42 Å². The highest BCUT2D eigenvalue weighted by Crippen LogP contribution is 2.26. The Morgan fingerprint density at radius 3 is 2.71 bits per heavy atom. The van der Waals surface area contributed by atoms with Crippen LogP contribution in [0.25, 0.3) is 0 Å². The van der Waals surface area contributed by atoms with E-state index < -0.39 is 10.0 Å². The van der Waals surface area contributed by atoms with Gasteiger partial charge in [-0.05, 0) is 24.3 Å². The van der Waals surface area contributed by atoms with E-state index in [2.05, 4.69) is 4.98 Å². The molecule has 0 radical (unpaired) electrons. The van der Waals surface area contributed by atoms with Gasteiger partial charge in [-0.1, -0.05) is 6.07 Å². The molecule has 0 amide bonds. The van der Waals surface area contributed by atoms with Gasteiger partial charge in [0.25, 0.3) is 10.0 Å². The molecule has 0 aliphatic heterocycles. The highest BCUT2D eigenvalue weighted by Gasteiger charge is 2.25. The Labute approximate surface area is 123 Å². The molecule has 0 fully saturated rings. The lowest BCUT2D eigenvalue weighted by atomic mass is 10.3. The van der Waals surface area contributed by atoms with Crippen LogP contribution in [-0.2, 0) is 10.0 Å². The third-order valence-electron chi connectivity index (χ3n) is 2.93. The lowest BCUT2D eigenvalue weighted by Crippen LogP contribution is -2.27. The molecule has 0 saturated carbocycles. The average Bonchev–Trinajstić information content (AvgIpc) is 2.54. The Hall–Kier alpha value is -2.59. The number of rotatable bonds is 4. The van der Waals surface area contributed by atoms with Crippen molar-refractivity contribution < 1.29 is 13.2 Å². The van der Waals surface area contributed by atoms with Crippen LogP contribution in [0.1, 0.15) is 5.69 Å². The number of nitrogens with zero attached hydrogens (tertiary/aromatic N) is 3. The van der Waals surface area contributed by atoms with Gasteiger partial charge in [0.1, 0.15) is 16.7 Å². The summed E-state index contributed by atoms with van der Waals surface area (Å²) in [5, 5.41) is 9.00. The molecule has 0 aliphatic carbocycles. The highest BCUT2D eigenvalue weighted by molar-refractivity contribution is 7.92. The second-order valence-corrected chi connectivity index (χ2v) is 6.07. The van der Waals surface area contributed by atoms with Gasteiger partial charge in [0.2, 0.25) is 0 Å². The fourth-order valence-electron chi connectivity index (χ4n) is 1.78. The number of pyridine rings is 1. The number of hydrogen-bond donors (Lipinski definition) is 0. The predicted octanol–water partition coefficient (Wildman–Crippen LogP) is 1.79. The fourth-order valence-corrected chi connectivity index (χ4v) is 3.05. The van der Waals surface area contributed by atoms with Crippen LogP contribution in [0.4, 0.5) is 5.69 Å². The summed E-state index contributed by atoms with van der Waals surface area (Å²) < 4.78 is 31.4. The smallest absolute Gasteiger partial charge is 0.266 e. The van der Waals surface area contributed by atoms with Gasteiger partial charge in [-0.3, -0.25) is 4.31 Å². The quantitative estimate of drug-likeness (QED) is 0.859. The fraction of sp³-hybridized carbons (Fsp3) is 0.143. The molecule has 0 N–H and O–H groups in total. The van der Waals surface area contributed by atoms with Crippen molar-refractivity contribution in [2.75, 3.05) is 18.5 Å². The molecule has 7 heteroatoms. The standard InChI is InChI=1S/C14H13N3O3S/c1-17(11-5-3-6-12(9-11)20-2)21(18,19)14-7-4-8-16-13(14)10-15/h3-9H,1-2H3. The molecule has 2 rings (SSSR count). The second kappa shape index (κ2) is 5.81. The van der Waals surface area contributed by atoms with Gasteiger partial charge < -0.3 is 4.74 Å². The molecular weight excluding hydrogens is 290 g/mol. The van der Waals surface area contributed by atoms with Crippen LogP contribution >= 0.6 is 0 Å². The molecule has 0 atom stereocenters. The number of methoxy groups -OCH3 is 1. The van der Waals surface area contributed by atoms with Crippen LogP contribution < -0.4 is 9.04 Å². The molecule has 108 valence electrons. The summed E-state index contributed by atoms with van der Waals surface area (Å²) >= 11 is 0. The number of ether oxygens (including phenoxy) is 1. The molecular formula is C14H13N3O3S. The van der Waals surface area contributed by atoms with Crippen LogP contribution in [0.5, 0.6) is 5.75 Å². The molecule has 1 aromatic heterocycles. The first-order valence-corrected chi connectivity index (χ1v) is 7.43. The van der Waals surface area contributed by atoms with Crippen molar-refractivity contribution in [3.63, 3.8) is 0 Å². The SMILES string of the molecule is COc1cccc(N(C)S(=O)(=O)c2cccnc2C#N)c1. The van der Waals surface area contributed by atoms with E-state index in [1.54, 1.807) is 30.3 Å². The van der Waals surface area contributed by atoms with Gasteiger partial charge >= 0.3 is 0 Å². The number of anilines is 1. The monoisotopic (exact) mass is 303 g/mol. The molecule has 6 nitrogen and oxygen atoms in total. The first-order chi connectivity index (χ1) is 10.0. The van der Waals surface area contributed by atoms with Crippen molar-refractivity contribution in [2.24, 2.45) is 0 Å². The van der Waals surface area contributed by atoms with Crippen LogP contribution in [0.3, 0.4) is 0 Å². The van der Waals surface area contributed by atoms with Crippen molar-refractivity contribution in [1.82, 2.24) is 4.98 Å². The third-order valence-corrected chi connectivity index (χ3v) is 4.75. The minimum atomic E-state index is -3.87. The highest BCUT2D eigenvalue weighted by atomic mass is 32.2. The Morgan fingerprint density at radius 2 is 2.05 bits per heavy atom. The summed E-state index contributed by atoms with van der Waals surface area (Å²) in [6, 6.07) is 11.3. The van der Waals surface area contributed by atoms with Gasteiger partial charge in [0, 0.05) is 19.3 Å². The van der Waals surface area contributed by atoms with E-state index in [4.69, 9.17) is 10.00 Å². The molecule has 21 heavy (non-hydrogen) atoms. The number of nitriles is 1. The zero-order chi connectivity index (χ0) is 15.5. The van der Waals surface area contributed by atoms with E-state index in [0.29, 0.717) is 11.4 Å². The topological polar surface area (TPSA) is 83.3 Å². The zero-order valence-corrected chi connectivity index (χ0v) is 12.3. The summed E-state index contributed by atoms with van der Waals surface area (Å²) in [5.74, 6) is 0.543. The van der Waals surface area contributed by atoms with Crippen molar-refractivity contribution in [1.29, 1.82) is 5.26 Å².